The van der Waals surface area contributed by atoms with Crippen LogP contribution in [0.1, 0.15) is 11.4 Å². The van der Waals surface area contributed by atoms with Gasteiger partial charge in [-0.3, -0.25) is 4.79 Å². The summed E-state index contributed by atoms with van der Waals surface area (Å²) in [4.78, 5) is 24.7. The normalized spacial score (nSPS) is 14.5. The highest BCUT2D eigenvalue weighted by Crippen LogP contribution is 2.28. The lowest BCUT2D eigenvalue weighted by molar-refractivity contribution is -0.138. The molecular formula is C13H11F3N6O. The maximum absolute atomic E-state index is 12.5. The topological polar surface area (TPSA) is 76.8 Å². The van der Waals surface area contributed by atoms with Crippen LogP contribution in [0.4, 0.5) is 13.2 Å². The number of alkyl halides is 3. The first kappa shape index (κ1) is 15.1. The Morgan fingerprint density at radius 1 is 1.22 bits per heavy atom. The monoisotopic (exact) mass is 324 g/mol. The zero-order valence-corrected chi connectivity index (χ0v) is 11.8. The largest absolute Gasteiger partial charge is 0.419 e. The van der Waals surface area contributed by atoms with Crippen molar-refractivity contribution < 1.29 is 18.0 Å². The molecule has 0 bridgehead atoms. The molecular weight excluding hydrogens is 313 g/mol. The van der Waals surface area contributed by atoms with E-state index in [0.29, 0.717) is 31.3 Å². The minimum Gasteiger partial charge on any atom is -0.330 e. The van der Waals surface area contributed by atoms with Gasteiger partial charge in [0.05, 0.1) is 18.7 Å². The highest BCUT2D eigenvalue weighted by molar-refractivity contribution is 5.86. The fraction of sp³-hybridized carbons (Fsp3) is 0.308. The first-order valence-corrected chi connectivity index (χ1v) is 6.63. The highest BCUT2D eigenvalue weighted by Gasteiger charge is 2.31. The van der Waals surface area contributed by atoms with Crippen molar-refractivity contribution in [1.29, 1.82) is 0 Å². The van der Waals surface area contributed by atoms with Gasteiger partial charge in [-0.2, -0.15) is 13.2 Å². The van der Waals surface area contributed by atoms with Crippen molar-refractivity contribution in [3.05, 3.63) is 36.4 Å². The van der Waals surface area contributed by atoms with Gasteiger partial charge >= 0.3 is 6.18 Å². The molecule has 3 rings (SSSR count). The van der Waals surface area contributed by atoms with Gasteiger partial charge in [0.15, 0.2) is 5.82 Å². The summed E-state index contributed by atoms with van der Waals surface area (Å²) in [5.74, 6) is 0.430. The van der Waals surface area contributed by atoms with Crippen LogP contribution in [0.15, 0.2) is 25.0 Å². The lowest BCUT2D eigenvalue weighted by atomic mass is 10.3. The summed E-state index contributed by atoms with van der Waals surface area (Å²) in [5, 5.41) is 4.17. The minimum atomic E-state index is -4.50. The average Bonchev–Trinajstić information content (AvgIpc) is 2.96. The third-order valence-corrected chi connectivity index (χ3v) is 3.33. The van der Waals surface area contributed by atoms with Crippen molar-refractivity contribution in [2.45, 2.75) is 19.3 Å². The third kappa shape index (κ3) is 2.91. The number of nitrogens with zero attached hydrogens (tertiary/aromatic N) is 6. The molecule has 0 unspecified atom stereocenters. The predicted molar refractivity (Wildman–Crippen MR) is 71.7 cm³/mol. The molecule has 120 valence electrons. The maximum atomic E-state index is 12.5. The van der Waals surface area contributed by atoms with Gasteiger partial charge in [0.1, 0.15) is 5.82 Å². The second kappa shape index (κ2) is 5.45. The van der Waals surface area contributed by atoms with Gasteiger partial charge in [-0.1, -0.05) is 6.58 Å². The van der Waals surface area contributed by atoms with E-state index in [9.17, 15) is 18.0 Å². The molecule has 3 heterocycles. The molecule has 10 heteroatoms. The lowest BCUT2D eigenvalue weighted by Crippen LogP contribution is -2.37. The zero-order valence-electron chi connectivity index (χ0n) is 11.8. The molecule has 0 atom stereocenters. The number of carbonyl (C=O) groups excluding carboxylic acids is 1. The van der Waals surface area contributed by atoms with E-state index in [0.717, 1.165) is 0 Å². The van der Waals surface area contributed by atoms with E-state index in [-0.39, 0.29) is 24.1 Å². The highest BCUT2D eigenvalue weighted by atomic mass is 19.4. The van der Waals surface area contributed by atoms with Crippen molar-refractivity contribution in [1.82, 2.24) is 29.6 Å². The fourth-order valence-electron chi connectivity index (χ4n) is 2.14. The Hall–Kier alpha value is -2.78. The summed E-state index contributed by atoms with van der Waals surface area (Å²) >= 11 is 0. The SMILES string of the molecule is C=CC(=O)N1CCn2nc(-c3ncc(C(F)(F)F)cn3)nc2C1. The van der Waals surface area contributed by atoms with E-state index in [1.165, 1.54) is 6.08 Å². The van der Waals surface area contributed by atoms with Crippen molar-refractivity contribution in [2.75, 3.05) is 6.54 Å². The van der Waals surface area contributed by atoms with Crippen LogP contribution < -0.4 is 0 Å². The number of fused-ring (bicyclic) bond motifs is 1. The molecule has 0 saturated carbocycles. The van der Waals surface area contributed by atoms with Crippen molar-refractivity contribution in [3.63, 3.8) is 0 Å². The smallest absolute Gasteiger partial charge is 0.330 e. The zero-order chi connectivity index (χ0) is 16.6. The predicted octanol–water partition coefficient (Wildman–Crippen LogP) is 1.28. The van der Waals surface area contributed by atoms with E-state index < -0.39 is 11.7 Å². The Morgan fingerprint density at radius 2 is 1.91 bits per heavy atom. The Bertz CT molecular complexity index is 752. The summed E-state index contributed by atoms with van der Waals surface area (Å²) in [7, 11) is 0. The van der Waals surface area contributed by atoms with Crippen LogP contribution in [0.2, 0.25) is 0 Å². The summed E-state index contributed by atoms with van der Waals surface area (Å²) < 4.78 is 39.1. The summed E-state index contributed by atoms with van der Waals surface area (Å²) in [6, 6.07) is 0. The molecule has 0 aliphatic carbocycles. The Labute approximate surface area is 128 Å². The van der Waals surface area contributed by atoms with Crippen LogP contribution in [0.3, 0.4) is 0 Å². The maximum Gasteiger partial charge on any atom is 0.419 e. The molecule has 0 aromatic carbocycles. The van der Waals surface area contributed by atoms with E-state index in [1.807, 2.05) is 0 Å². The molecule has 2 aromatic rings. The van der Waals surface area contributed by atoms with E-state index in [2.05, 4.69) is 26.6 Å². The summed E-state index contributed by atoms with van der Waals surface area (Å²) in [6.45, 7) is 4.56. The van der Waals surface area contributed by atoms with Gasteiger partial charge in [-0.15, -0.1) is 5.10 Å². The molecule has 1 aliphatic heterocycles. The molecule has 2 aromatic heterocycles. The number of aromatic nitrogens is 5. The van der Waals surface area contributed by atoms with Gasteiger partial charge < -0.3 is 4.90 Å². The minimum absolute atomic E-state index is 0.00139. The van der Waals surface area contributed by atoms with Crippen LogP contribution in [0.5, 0.6) is 0 Å². The fourth-order valence-corrected chi connectivity index (χ4v) is 2.14. The standard InChI is InChI=1S/C13H11F3N6O/c1-2-10(23)21-3-4-22-9(7-21)19-12(20-22)11-17-5-8(6-18-11)13(14,15)16/h2,5-6H,1,3-4,7H2. The van der Waals surface area contributed by atoms with Crippen LogP contribution in [-0.2, 0) is 24.1 Å². The first-order chi connectivity index (χ1) is 10.9. The van der Waals surface area contributed by atoms with Crippen molar-refractivity contribution in [3.8, 4) is 11.6 Å². The Morgan fingerprint density at radius 3 is 2.52 bits per heavy atom. The van der Waals surface area contributed by atoms with E-state index in [1.54, 1.807) is 9.58 Å². The van der Waals surface area contributed by atoms with E-state index in [4.69, 9.17) is 0 Å². The second-order valence-corrected chi connectivity index (χ2v) is 4.83. The summed E-state index contributed by atoms with van der Waals surface area (Å²) in [6.07, 6.45) is -1.90. The Kier molecular flexibility index (Phi) is 3.58. The molecule has 1 amide bonds. The second-order valence-electron chi connectivity index (χ2n) is 4.83. The van der Waals surface area contributed by atoms with E-state index >= 15 is 0 Å². The quantitative estimate of drug-likeness (QED) is 0.778. The summed E-state index contributed by atoms with van der Waals surface area (Å²) in [5.41, 5.74) is -0.937. The number of hydrogen-bond acceptors (Lipinski definition) is 5. The Balaban J connectivity index is 1.85. The number of carbonyl (C=O) groups is 1. The van der Waals surface area contributed by atoms with Crippen LogP contribution in [0.25, 0.3) is 11.6 Å². The number of rotatable bonds is 2. The molecule has 0 fully saturated rings. The molecule has 0 radical (unpaired) electrons. The van der Waals surface area contributed by atoms with Crippen molar-refractivity contribution >= 4 is 5.91 Å². The number of amides is 1. The molecule has 7 nitrogen and oxygen atoms in total. The molecule has 0 N–H and O–H groups in total. The lowest BCUT2D eigenvalue weighted by Gasteiger charge is -2.25. The van der Waals surface area contributed by atoms with Gasteiger partial charge in [-0.25, -0.2) is 19.6 Å². The first-order valence-electron chi connectivity index (χ1n) is 6.63. The van der Waals surface area contributed by atoms with Crippen LogP contribution in [-0.4, -0.2) is 42.1 Å². The molecule has 1 aliphatic rings. The third-order valence-electron chi connectivity index (χ3n) is 3.33. The van der Waals surface area contributed by atoms with Gasteiger partial charge in [0.25, 0.3) is 0 Å². The van der Waals surface area contributed by atoms with Gasteiger partial charge in [0.2, 0.25) is 11.7 Å². The van der Waals surface area contributed by atoms with Crippen LogP contribution in [0, 0.1) is 0 Å². The molecule has 0 saturated heterocycles. The average molecular weight is 324 g/mol. The molecule has 23 heavy (non-hydrogen) atoms. The van der Waals surface area contributed by atoms with Gasteiger partial charge in [0, 0.05) is 18.9 Å². The molecule has 0 spiro atoms. The van der Waals surface area contributed by atoms with Gasteiger partial charge in [-0.05, 0) is 6.08 Å². The number of hydrogen-bond donors (Lipinski definition) is 0. The van der Waals surface area contributed by atoms with Crippen LogP contribution >= 0.6 is 0 Å². The number of halogens is 3. The van der Waals surface area contributed by atoms with Crippen molar-refractivity contribution in [2.24, 2.45) is 0 Å².